The molecule has 0 bridgehead atoms. The quantitative estimate of drug-likeness (QED) is 0.856. The first-order valence-corrected chi connectivity index (χ1v) is 8.24. The van der Waals surface area contributed by atoms with Crippen LogP contribution >= 0.6 is 11.6 Å². The van der Waals surface area contributed by atoms with Crippen molar-refractivity contribution in [1.82, 2.24) is 5.32 Å². The highest BCUT2D eigenvalue weighted by Crippen LogP contribution is 2.54. The number of halogens is 1. The first-order chi connectivity index (χ1) is 11.2. The van der Waals surface area contributed by atoms with Gasteiger partial charge in [-0.25, -0.2) is 0 Å². The summed E-state index contributed by atoms with van der Waals surface area (Å²) in [5, 5.41) is 13.2. The smallest absolute Gasteiger partial charge is 0.231 e. The van der Waals surface area contributed by atoms with Gasteiger partial charge in [0, 0.05) is 24.1 Å². The highest BCUT2D eigenvalue weighted by atomic mass is 35.5. The molecule has 4 heteroatoms. The van der Waals surface area contributed by atoms with E-state index in [1.807, 2.05) is 54.6 Å². The van der Waals surface area contributed by atoms with Gasteiger partial charge in [0.05, 0.1) is 5.41 Å². The lowest BCUT2D eigenvalue weighted by atomic mass is 9.92. The molecule has 3 rings (SSSR count). The lowest BCUT2D eigenvalue weighted by Gasteiger charge is -2.18. The minimum absolute atomic E-state index is 0.00481. The van der Waals surface area contributed by atoms with Crippen molar-refractivity contribution < 1.29 is 9.90 Å². The van der Waals surface area contributed by atoms with Gasteiger partial charge in [-0.1, -0.05) is 60.1 Å². The molecule has 2 aromatic carbocycles. The Hall–Kier alpha value is -1.84. The molecule has 1 amide bonds. The van der Waals surface area contributed by atoms with Crippen molar-refractivity contribution in [1.29, 1.82) is 0 Å². The standard InChI is InChI=1S/C19H20ClNO2/c20-17-9-5-4-6-14(17)10-11-21-18(23)19(12-16(19)13-22)15-7-2-1-3-8-15/h1-9,16,22H,10-13H2,(H,21,23)/t16-,19+/m0/s1. The zero-order valence-corrected chi connectivity index (χ0v) is 13.6. The van der Waals surface area contributed by atoms with Gasteiger partial charge in [0.2, 0.25) is 5.91 Å². The maximum absolute atomic E-state index is 12.7. The van der Waals surface area contributed by atoms with Crippen molar-refractivity contribution >= 4 is 17.5 Å². The van der Waals surface area contributed by atoms with E-state index < -0.39 is 5.41 Å². The van der Waals surface area contributed by atoms with Crippen LogP contribution in [0, 0.1) is 5.92 Å². The van der Waals surface area contributed by atoms with Gasteiger partial charge < -0.3 is 10.4 Å². The molecule has 0 spiro atoms. The Morgan fingerprint density at radius 2 is 1.87 bits per heavy atom. The molecule has 0 unspecified atom stereocenters. The Bertz CT molecular complexity index is 689. The maximum Gasteiger partial charge on any atom is 0.231 e. The largest absolute Gasteiger partial charge is 0.396 e. The predicted octanol–water partition coefficient (Wildman–Crippen LogP) is 2.95. The second-order valence-corrected chi connectivity index (χ2v) is 6.43. The van der Waals surface area contributed by atoms with Gasteiger partial charge in [-0.3, -0.25) is 4.79 Å². The first-order valence-electron chi connectivity index (χ1n) is 7.86. The highest BCUT2D eigenvalue weighted by Gasteiger charge is 2.60. The fourth-order valence-electron chi connectivity index (χ4n) is 3.22. The molecule has 1 fully saturated rings. The molecular formula is C19H20ClNO2. The van der Waals surface area contributed by atoms with Crippen LogP contribution in [0.15, 0.2) is 54.6 Å². The summed E-state index contributed by atoms with van der Waals surface area (Å²) in [5.41, 5.74) is 1.43. The Balaban J connectivity index is 1.66. The number of aliphatic hydroxyl groups is 1. The average molecular weight is 330 g/mol. The lowest BCUT2D eigenvalue weighted by molar-refractivity contribution is -0.124. The first kappa shape index (κ1) is 16.0. The van der Waals surface area contributed by atoms with Gasteiger partial charge in [-0.15, -0.1) is 0 Å². The van der Waals surface area contributed by atoms with E-state index in [1.54, 1.807) is 0 Å². The van der Waals surface area contributed by atoms with E-state index in [0.717, 1.165) is 16.1 Å². The topological polar surface area (TPSA) is 49.3 Å². The molecule has 120 valence electrons. The Labute approximate surface area is 141 Å². The number of nitrogens with one attached hydrogen (secondary N) is 1. The third-order valence-corrected chi connectivity index (χ3v) is 5.03. The molecule has 23 heavy (non-hydrogen) atoms. The van der Waals surface area contributed by atoms with Gasteiger partial charge in [0.15, 0.2) is 0 Å². The Kier molecular flexibility index (Phi) is 4.69. The summed E-state index contributed by atoms with van der Waals surface area (Å²) < 4.78 is 0. The van der Waals surface area contributed by atoms with E-state index >= 15 is 0 Å². The summed E-state index contributed by atoms with van der Waals surface area (Å²) in [6.07, 6.45) is 1.39. The summed E-state index contributed by atoms with van der Waals surface area (Å²) >= 11 is 6.14. The second kappa shape index (κ2) is 6.73. The molecule has 2 aromatic rings. The molecule has 1 aliphatic carbocycles. The highest BCUT2D eigenvalue weighted by molar-refractivity contribution is 6.31. The predicted molar refractivity (Wildman–Crippen MR) is 91.5 cm³/mol. The molecule has 0 radical (unpaired) electrons. The van der Waals surface area contributed by atoms with Gasteiger partial charge in [0.25, 0.3) is 0 Å². The fraction of sp³-hybridized carbons (Fsp3) is 0.316. The maximum atomic E-state index is 12.7. The van der Waals surface area contributed by atoms with Crippen molar-refractivity contribution in [2.24, 2.45) is 5.92 Å². The molecule has 2 N–H and O–H groups in total. The van der Waals surface area contributed by atoms with E-state index in [9.17, 15) is 9.90 Å². The minimum atomic E-state index is -0.573. The Morgan fingerprint density at radius 3 is 2.52 bits per heavy atom. The van der Waals surface area contributed by atoms with Crippen LogP contribution in [0.4, 0.5) is 0 Å². The number of carbonyl (C=O) groups excluding carboxylic acids is 1. The number of aliphatic hydroxyl groups excluding tert-OH is 1. The van der Waals surface area contributed by atoms with Crippen LogP contribution in [0.5, 0.6) is 0 Å². The number of rotatable bonds is 6. The van der Waals surface area contributed by atoms with Crippen LogP contribution in [0.3, 0.4) is 0 Å². The van der Waals surface area contributed by atoms with E-state index in [0.29, 0.717) is 19.4 Å². The normalized spacial score (nSPS) is 22.6. The molecule has 1 aliphatic rings. The van der Waals surface area contributed by atoms with Crippen LogP contribution in [0.1, 0.15) is 17.5 Å². The number of hydrogen-bond donors (Lipinski definition) is 2. The third-order valence-electron chi connectivity index (χ3n) is 4.66. The van der Waals surface area contributed by atoms with Gasteiger partial charge in [-0.2, -0.15) is 0 Å². The second-order valence-electron chi connectivity index (χ2n) is 6.02. The zero-order chi connectivity index (χ0) is 16.3. The molecule has 0 aromatic heterocycles. The van der Waals surface area contributed by atoms with E-state index in [1.165, 1.54) is 0 Å². The van der Waals surface area contributed by atoms with Gasteiger partial charge >= 0.3 is 0 Å². The molecular weight excluding hydrogens is 310 g/mol. The van der Waals surface area contributed by atoms with Crippen LogP contribution in [0.2, 0.25) is 5.02 Å². The van der Waals surface area contributed by atoms with Crippen LogP contribution in [0.25, 0.3) is 0 Å². The van der Waals surface area contributed by atoms with Crippen LogP contribution in [-0.2, 0) is 16.6 Å². The molecule has 0 heterocycles. The molecule has 2 atom stereocenters. The van der Waals surface area contributed by atoms with Crippen molar-refractivity contribution in [2.75, 3.05) is 13.2 Å². The number of benzene rings is 2. The van der Waals surface area contributed by atoms with Crippen LogP contribution < -0.4 is 5.32 Å². The van der Waals surface area contributed by atoms with Crippen molar-refractivity contribution in [2.45, 2.75) is 18.3 Å². The SMILES string of the molecule is O=C(NCCc1ccccc1Cl)[C@@]1(c2ccccc2)C[C@H]1CO. The molecule has 0 aliphatic heterocycles. The van der Waals surface area contributed by atoms with Gasteiger partial charge in [0.1, 0.15) is 0 Å². The summed E-state index contributed by atoms with van der Waals surface area (Å²) in [7, 11) is 0. The van der Waals surface area contributed by atoms with Crippen molar-refractivity contribution in [3.05, 3.63) is 70.7 Å². The van der Waals surface area contributed by atoms with E-state index in [-0.39, 0.29) is 18.4 Å². The van der Waals surface area contributed by atoms with Crippen LogP contribution in [-0.4, -0.2) is 24.2 Å². The van der Waals surface area contributed by atoms with E-state index in [2.05, 4.69) is 5.32 Å². The summed E-state index contributed by atoms with van der Waals surface area (Å²) in [6.45, 7) is 0.572. The average Bonchev–Trinajstić information content (AvgIpc) is 3.33. The van der Waals surface area contributed by atoms with E-state index in [4.69, 9.17) is 11.6 Å². The summed E-state index contributed by atoms with van der Waals surface area (Å²) in [6, 6.07) is 17.4. The monoisotopic (exact) mass is 329 g/mol. The minimum Gasteiger partial charge on any atom is -0.396 e. The number of amides is 1. The zero-order valence-electron chi connectivity index (χ0n) is 12.8. The number of carbonyl (C=O) groups is 1. The molecule has 3 nitrogen and oxygen atoms in total. The Morgan fingerprint density at radius 1 is 1.17 bits per heavy atom. The summed E-state index contributed by atoms with van der Waals surface area (Å²) in [5.74, 6) is 0.0000156. The van der Waals surface area contributed by atoms with Crippen molar-refractivity contribution in [3.8, 4) is 0 Å². The third kappa shape index (κ3) is 3.12. The van der Waals surface area contributed by atoms with Gasteiger partial charge in [-0.05, 0) is 30.0 Å². The molecule has 1 saturated carbocycles. The summed E-state index contributed by atoms with van der Waals surface area (Å²) in [4.78, 5) is 12.7. The lowest BCUT2D eigenvalue weighted by Crippen LogP contribution is -2.37. The fourth-order valence-corrected chi connectivity index (χ4v) is 3.45. The molecule has 0 saturated heterocycles. The van der Waals surface area contributed by atoms with Crippen molar-refractivity contribution in [3.63, 3.8) is 0 Å². The number of hydrogen-bond acceptors (Lipinski definition) is 2.